The second-order valence-corrected chi connectivity index (χ2v) is 5.44. The molecule has 1 aliphatic carbocycles. The molecule has 0 saturated carbocycles. The lowest BCUT2D eigenvalue weighted by Crippen LogP contribution is -2.13. The van der Waals surface area contributed by atoms with Gasteiger partial charge >= 0.3 is 0 Å². The summed E-state index contributed by atoms with van der Waals surface area (Å²) in [5.41, 5.74) is 1.25. The minimum absolute atomic E-state index is 0.137. The number of carbonyl (C=O) groups excluding carboxylic acids is 1. The maximum atomic E-state index is 12.0. The molecule has 21 heavy (non-hydrogen) atoms. The lowest BCUT2D eigenvalue weighted by Gasteiger charge is -2.11. The normalized spacial score (nSPS) is 17.3. The Balaban J connectivity index is 1.69. The summed E-state index contributed by atoms with van der Waals surface area (Å²) in [6.45, 7) is 0. The lowest BCUT2D eigenvalue weighted by atomic mass is 9.97. The zero-order chi connectivity index (χ0) is 14.7. The van der Waals surface area contributed by atoms with Crippen LogP contribution in [-0.4, -0.2) is 21.0 Å². The van der Waals surface area contributed by atoms with Crippen molar-refractivity contribution in [2.45, 2.75) is 12.3 Å². The Hall–Kier alpha value is -2.47. The van der Waals surface area contributed by atoms with E-state index in [2.05, 4.69) is 15.3 Å². The summed E-state index contributed by atoms with van der Waals surface area (Å²) >= 11 is 1.38. The first-order valence-electron chi connectivity index (χ1n) is 6.47. The Morgan fingerprint density at radius 2 is 2.33 bits per heavy atom. The molecule has 0 spiro atoms. The molecule has 1 unspecified atom stereocenters. The van der Waals surface area contributed by atoms with Gasteiger partial charge in [-0.3, -0.25) is 15.1 Å². The molecule has 0 radical (unpaired) electrons. The first-order chi connectivity index (χ1) is 10.2. The van der Waals surface area contributed by atoms with Gasteiger partial charge in [0.15, 0.2) is 5.13 Å². The molecule has 1 amide bonds. The molecule has 6 heteroatoms. The molecule has 5 nitrogen and oxygen atoms in total. The molecular weight excluding hydrogens is 286 g/mol. The number of nitrogens with zero attached hydrogens (tertiary/aromatic N) is 2. The molecule has 0 saturated heterocycles. The van der Waals surface area contributed by atoms with Gasteiger partial charge in [0.25, 0.3) is 5.91 Å². The van der Waals surface area contributed by atoms with Gasteiger partial charge in [-0.2, -0.15) is 0 Å². The van der Waals surface area contributed by atoms with E-state index in [0.717, 1.165) is 5.69 Å². The SMILES string of the molecule is O=C(Nc1nc(C2C=CC(O)=CC2)cs1)c1ccccn1. The number of hydrogen-bond donors (Lipinski definition) is 2. The van der Waals surface area contributed by atoms with E-state index in [9.17, 15) is 9.90 Å². The van der Waals surface area contributed by atoms with Gasteiger partial charge in [-0.25, -0.2) is 4.98 Å². The minimum atomic E-state index is -0.270. The molecule has 2 aromatic heterocycles. The van der Waals surface area contributed by atoms with E-state index in [1.165, 1.54) is 11.3 Å². The molecule has 106 valence electrons. The molecule has 2 heterocycles. The third-order valence-electron chi connectivity index (χ3n) is 3.10. The minimum Gasteiger partial charge on any atom is -0.508 e. The molecule has 2 aromatic rings. The van der Waals surface area contributed by atoms with Crippen molar-refractivity contribution in [3.05, 3.63) is 65.2 Å². The third-order valence-corrected chi connectivity index (χ3v) is 3.88. The van der Waals surface area contributed by atoms with Crippen molar-refractivity contribution in [1.82, 2.24) is 9.97 Å². The number of pyridine rings is 1. The van der Waals surface area contributed by atoms with Gasteiger partial charge in [-0.05, 0) is 30.7 Å². The number of aliphatic hydroxyl groups excluding tert-OH is 1. The van der Waals surface area contributed by atoms with Gasteiger partial charge < -0.3 is 5.11 Å². The highest BCUT2D eigenvalue weighted by molar-refractivity contribution is 7.14. The van der Waals surface area contributed by atoms with E-state index in [0.29, 0.717) is 17.2 Å². The van der Waals surface area contributed by atoms with Crippen LogP contribution >= 0.6 is 11.3 Å². The summed E-state index contributed by atoms with van der Waals surface area (Å²) in [6, 6.07) is 5.18. The monoisotopic (exact) mass is 299 g/mol. The first-order valence-corrected chi connectivity index (χ1v) is 7.35. The van der Waals surface area contributed by atoms with Crippen molar-refractivity contribution in [2.24, 2.45) is 0 Å². The number of hydrogen-bond acceptors (Lipinski definition) is 5. The van der Waals surface area contributed by atoms with Crippen LogP contribution in [0.5, 0.6) is 0 Å². The Bertz CT molecular complexity index is 707. The van der Waals surface area contributed by atoms with Gasteiger partial charge in [-0.1, -0.05) is 12.1 Å². The van der Waals surface area contributed by atoms with Crippen LogP contribution in [0.4, 0.5) is 5.13 Å². The number of amides is 1. The molecule has 0 aliphatic heterocycles. The van der Waals surface area contributed by atoms with E-state index < -0.39 is 0 Å². The highest BCUT2D eigenvalue weighted by atomic mass is 32.1. The van der Waals surface area contributed by atoms with Gasteiger partial charge in [0.2, 0.25) is 0 Å². The number of anilines is 1. The zero-order valence-corrected chi connectivity index (χ0v) is 11.9. The molecule has 3 rings (SSSR count). The van der Waals surface area contributed by atoms with Gasteiger partial charge in [0.05, 0.1) is 5.69 Å². The Morgan fingerprint density at radius 3 is 3.05 bits per heavy atom. The molecule has 1 aliphatic rings. The predicted molar refractivity (Wildman–Crippen MR) is 81.5 cm³/mol. The van der Waals surface area contributed by atoms with E-state index in [4.69, 9.17) is 0 Å². The maximum Gasteiger partial charge on any atom is 0.276 e. The fourth-order valence-corrected chi connectivity index (χ4v) is 2.77. The van der Waals surface area contributed by atoms with Gasteiger partial charge in [0, 0.05) is 17.5 Å². The standard InChI is InChI=1S/C15H13N3O2S/c19-11-6-4-10(5-7-11)13-9-21-15(17-13)18-14(20)12-3-1-2-8-16-12/h1-4,6-10,19H,5H2,(H,17,18,20). The maximum absolute atomic E-state index is 12.0. The van der Waals surface area contributed by atoms with Crippen LogP contribution in [0.25, 0.3) is 0 Å². The van der Waals surface area contributed by atoms with Crippen LogP contribution in [0.3, 0.4) is 0 Å². The number of carbonyl (C=O) groups is 1. The Kier molecular flexibility index (Phi) is 3.79. The summed E-state index contributed by atoms with van der Waals surface area (Å²) in [7, 11) is 0. The van der Waals surface area contributed by atoms with E-state index in [1.807, 2.05) is 11.5 Å². The topological polar surface area (TPSA) is 75.1 Å². The van der Waals surface area contributed by atoms with Crippen LogP contribution in [0.2, 0.25) is 0 Å². The number of rotatable bonds is 3. The predicted octanol–water partition coefficient (Wildman–Crippen LogP) is 3.28. The summed E-state index contributed by atoms with van der Waals surface area (Å²) < 4.78 is 0. The van der Waals surface area contributed by atoms with E-state index in [1.54, 1.807) is 36.5 Å². The van der Waals surface area contributed by atoms with Crippen LogP contribution in [0.1, 0.15) is 28.5 Å². The van der Waals surface area contributed by atoms with E-state index in [-0.39, 0.29) is 17.6 Å². The molecule has 0 bridgehead atoms. The lowest BCUT2D eigenvalue weighted by molar-refractivity contribution is 0.102. The molecule has 0 aromatic carbocycles. The highest BCUT2D eigenvalue weighted by Gasteiger charge is 2.16. The second-order valence-electron chi connectivity index (χ2n) is 4.58. The summed E-state index contributed by atoms with van der Waals surface area (Å²) in [5.74, 6) is 0.149. The number of allylic oxidation sites excluding steroid dienone is 3. The third kappa shape index (κ3) is 3.17. The average molecular weight is 299 g/mol. The van der Waals surface area contributed by atoms with E-state index >= 15 is 0 Å². The number of thiazole rings is 1. The summed E-state index contributed by atoms with van der Waals surface area (Å²) in [5, 5.41) is 14.5. The summed E-state index contributed by atoms with van der Waals surface area (Å²) in [6.07, 6.45) is 7.62. The smallest absolute Gasteiger partial charge is 0.276 e. The van der Waals surface area contributed by atoms with Crippen molar-refractivity contribution < 1.29 is 9.90 Å². The van der Waals surface area contributed by atoms with Gasteiger partial charge in [0.1, 0.15) is 11.5 Å². The van der Waals surface area contributed by atoms with Crippen molar-refractivity contribution >= 4 is 22.4 Å². The highest BCUT2D eigenvalue weighted by Crippen LogP contribution is 2.29. The quantitative estimate of drug-likeness (QED) is 0.912. The summed E-state index contributed by atoms with van der Waals surface area (Å²) in [4.78, 5) is 20.4. The first kappa shape index (κ1) is 13.5. The fraction of sp³-hybridized carbons (Fsp3) is 0.133. The second kappa shape index (κ2) is 5.88. The molecular formula is C15H13N3O2S. The van der Waals surface area contributed by atoms with Crippen molar-refractivity contribution in [2.75, 3.05) is 5.32 Å². The van der Waals surface area contributed by atoms with Crippen molar-refractivity contribution in [3.63, 3.8) is 0 Å². The van der Waals surface area contributed by atoms with Gasteiger partial charge in [-0.15, -0.1) is 11.3 Å². The average Bonchev–Trinajstić information content (AvgIpc) is 2.97. The largest absolute Gasteiger partial charge is 0.508 e. The van der Waals surface area contributed by atoms with Crippen LogP contribution < -0.4 is 5.32 Å². The number of nitrogens with one attached hydrogen (secondary N) is 1. The van der Waals surface area contributed by atoms with Crippen LogP contribution in [0, 0.1) is 0 Å². The van der Waals surface area contributed by atoms with Crippen molar-refractivity contribution in [3.8, 4) is 0 Å². The molecule has 0 fully saturated rings. The fourth-order valence-electron chi connectivity index (χ4n) is 2.00. The van der Waals surface area contributed by atoms with Crippen LogP contribution in [-0.2, 0) is 0 Å². The zero-order valence-electron chi connectivity index (χ0n) is 11.1. The molecule has 2 N–H and O–H groups in total. The molecule has 1 atom stereocenters. The number of aliphatic hydroxyl groups is 1. The number of aromatic nitrogens is 2. The van der Waals surface area contributed by atoms with Crippen molar-refractivity contribution in [1.29, 1.82) is 0 Å². The Labute approximate surface area is 125 Å². The van der Waals surface area contributed by atoms with Crippen LogP contribution in [0.15, 0.2) is 53.8 Å². The Morgan fingerprint density at radius 1 is 1.43 bits per heavy atom.